The molecule has 1 atom stereocenters. The molecule has 1 unspecified atom stereocenters. The van der Waals surface area contributed by atoms with Gasteiger partial charge < -0.3 is 10.4 Å². The Morgan fingerprint density at radius 1 is 1.23 bits per heavy atom. The van der Waals surface area contributed by atoms with Crippen LogP contribution in [0, 0.1) is 12.7 Å². The number of carbonyl (C=O) groups excluding carboxylic acids is 2. The number of aromatic nitrogens is 1. The molecule has 3 aromatic rings. The summed E-state index contributed by atoms with van der Waals surface area (Å²) in [6.45, 7) is 2.07. The fourth-order valence-electron chi connectivity index (χ4n) is 3.18. The van der Waals surface area contributed by atoms with Gasteiger partial charge in [-0.2, -0.15) is 0 Å². The molecule has 7 nitrogen and oxygen atoms in total. The summed E-state index contributed by atoms with van der Waals surface area (Å²) in [5.41, 5.74) is 1.91. The molecule has 9 heteroatoms. The molecule has 0 bridgehead atoms. The van der Waals surface area contributed by atoms with Crippen LogP contribution in [0.4, 0.5) is 20.0 Å². The lowest BCUT2D eigenvalue weighted by molar-refractivity contribution is 0.0954. The van der Waals surface area contributed by atoms with Gasteiger partial charge in [0.15, 0.2) is 11.4 Å². The molecule has 1 aliphatic heterocycles. The van der Waals surface area contributed by atoms with Crippen LogP contribution in [0.5, 0.6) is 0 Å². The molecule has 3 amide bonds. The molecule has 154 valence electrons. The van der Waals surface area contributed by atoms with Gasteiger partial charge in [-0.3, -0.25) is 9.69 Å². The van der Waals surface area contributed by atoms with Crippen LogP contribution in [0.3, 0.4) is 0 Å². The predicted octanol–water partition coefficient (Wildman–Crippen LogP) is 3.29. The van der Waals surface area contributed by atoms with Crippen molar-refractivity contribution in [3.05, 3.63) is 76.5 Å². The predicted molar refractivity (Wildman–Crippen MR) is 112 cm³/mol. The third-order valence-electron chi connectivity index (χ3n) is 4.71. The van der Waals surface area contributed by atoms with Crippen LogP contribution in [0.25, 0.3) is 0 Å². The molecule has 2 aromatic carbocycles. The minimum atomic E-state index is -1.13. The van der Waals surface area contributed by atoms with E-state index >= 15 is 0 Å². The topological polar surface area (TPSA) is 85.8 Å². The number of nitrogens with one attached hydrogen (secondary N) is 1. The van der Waals surface area contributed by atoms with E-state index in [0.717, 1.165) is 21.8 Å². The Labute approximate surface area is 176 Å². The van der Waals surface area contributed by atoms with Crippen molar-refractivity contribution in [2.24, 2.45) is 0 Å². The van der Waals surface area contributed by atoms with Crippen LogP contribution in [0.15, 0.2) is 54.6 Å². The molecule has 0 aliphatic carbocycles. The number of halogens is 1. The molecule has 0 saturated carbocycles. The van der Waals surface area contributed by atoms with Crippen molar-refractivity contribution in [2.75, 3.05) is 16.3 Å². The lowest BCUT2D eigenvalue weighted by Crippen LogP contribution is -2.34. The van der Waals surface area contributed by atoms with E-state index in [9.17, 15) is 19.1 Å². The van der Waals surface area contributed by atoms with Gasteiger partial charge in [-0.25, -0.2) is 19.1 Å². The van der Waals surface area contributed by atoms with Gasteiger partial charge in [-0.1, -0.05) is 41.7 Å². The fraction of sp³-hybridized carbons (Fsp3) is 0.190. The Kier molecular flexibility index (Phi) is 5.47. The molecule has 0 spiro atoms. The van der Waals surface area contributed by atoms with Gasteiger partial charge in [0, 0.05) is 12.2 Å². The van der Waals surface area contributed by atoms with Crippen molar-refractivity contribution in [3.63, 3.8) is 0 Å². The number of anilines is 2. The standard InChI is InChI=1S/C21H19FN4O3S/c1-13-18(19(28)23-11-14-5-3-2-4-6-14)30-20(24-13)26-17(27)12-25(21(26)29)16-9-7-15(22)8-10-16/h2-10,17,27H,11-12H2,1H3,(H,23,28). The van der Waals surface area contributed by atoms with E-state index in [1.807, 2.05) is 30.3 Å². The minimum Gasteiger partial charge on any atom is -0.371 e. The molecule has 1 aromatic heterocycles. The molecule has 30 heavy (non-hydrogen) atoms. The summed E-state index contributed by atoms with van der Waals surface area (Å²) in [5, 5.41) is 13.5. The second-order valence-corrected chi connectivity index (χ2v) is 7.78. The van der Waals surface area contributed by atoms with E-state index in [2.05, 4.69) is 10.3 Å². The van der Waals surface area contributed by atoms with Gasteiger partial charge in [0.1, 0.15) is 10.7 Å². The number of amides is 3. The Morgan fingerprint density at radius 2 is 1.93 bits per heavy atom. The molecular formula is C21H19FN4O3S. The molecular weight excluding hydrogens is 407 g/mol. The molecule has 0 radical (unpaired) electrons. The molecule has 2 heterocycles. The number of rotatable bonds is 5. The minimum absolute atomic E-state index is 0.0125. The second-order valence-electron chi connectivity index (χ2n) is 6.80. The Balaban J connectivity index is 1.51. The number of urea groups is 1. The van der Waals surface area contributed by atoms with Gasteiger partial charge in [-0.15, -0.1) is 0 Å². The number of benzene rings is 2. The average molecular weight is 426 g/mol. The van der Waals surface area contributed by atoms with Gasteiger partial charge in [-0.05, 0) is 36.8 Å². The van der Waals surface area contributed by atoms with Crippen LogP contribution in [-0.2, 0) is 6.54 Å². The van der Waals surface area contributed by atoms with Crippen molar-refractivity contribution in [1.82, 2.24) is 10.3 Å². The smallest absolute Gasteiger partial charge is 0.333 e. The molecule has 2 N–H and O–H groups in total. The monoisotopic (exact) mass is 426 g/mol. The number of nitrogens with zero attached hydrogens (tertiary/aromatic N) is 3. The van der Waals surface area contributed by atoms with Gasteiger partial charge in [0.05, 0.1) is 12.2 Å². The van der Waals surface area contributed by atoms with Gasteiger partial charge in [0.25, 0.3) is 5.91 Å². The van der Waals surface area contributed by atoms with Crippen LogP contribution in [0.2, 0.25) is 0 Å². The van der Waals surface area contributed by atoms with E-state index in [4.69, 9.17) is 0 Å². The van der Waals surface area contributed by atoms with Crippen LogP contribution in [-0.4, -0.2) is 34.8 Å². The number of hydrogen-bond donors (Lipinski definition) is 2. The first-order valence-electron chi connectivity index (χ1n) is 9.28. The first-order valence-corrected chi connectivity index (χ1v) is 10.1. The maximum absolute atomic E-state index is 13.2. The third kappa shape index (κ3) is 3.89. The highest BCUT2D eigenvalue weighted by Gasteiger charge is 2.40. The average Bonchev–Trinajstić information content (AvgIpc) is 3.26. The van der Waals surface area contributed by atoms with Crippen molar-refractivity contribution in [1.29, 1.82) is 0 Å². The van der Waals surface area contributed by atoms with E-state index in [-0.39, 0.29) is 17.6 Å². The van der Waals surface area contributed by atoms with Crippen molar-refractivity contribution in [2.45, 2.75) is 19.7 Å². The zero-order valence-electron chi connectivity index (χ0n) is 16.1. The third-order valence-corrected chi connectivity index (χ3v) is 5.87. The molecule has 1 fully saturated rings. The highest BCUT2D eigenvalue weighted by atomic mass is 32.1. The van der Waals surface area contributed by atoms with Crippen LogP contribution < -0.4 is 15.1 Å². The zero-order chi connectivity index (χ0) is 21.3. The van der Waals surface area contributed by atoms with Crippen molar-refractivity contribution < 1.29 is 19.1 Å². The molecule has 4 rings (SSSR count). The van der Waals surface area contributed by atoms with E-state index in [1.165, 1.54) is 29.2 Å². The van der Waals surface area contributed by atoms with Gasteiger partial charge >= 0.3 is 6.03 Å². The lowest BCUT2D eigenvalue weighted by Gasteiger charge is -2.17. The highest BCUT2D eigenvalue weighted by molar-refractivity contribution is 7.17. The highest BCUT2D eigenvalue weighted by Crippen LogP contribution is 2.32. The number of hydrogen-bond acceptors (Lipinski definition) is 5. The molecule has 1 aliphatic rings. The number of aliphatic hydroxyl groups is 1. The first-order chi connectivity index (χ1) is 14.4. The summed E-state index contributed by atoms with van der Waals surface area (Å²) in [6.07, 6.45) is -1.13. The first kappa shape index (κ1) is 20.0. The summed E-state index contributed by atoms with van der Waals surface area (Å²) in [5.74, 6) is -0.707. The largest absolute Gasteiger partial charge is 0.371 e. The van der Waals surface area contributed by atoms with E-state index < -0.39 is 18.1 Å². The van der Waals surface area contributed by atoms with Crippen LogP contribution in [0.1, 0.15) is 20.9 Å². The Bertz CT molecular complexity index is 1070. The number of carbonyl (C=O) groups is 2. The summed E-state index contributed by atoms with van der Waals surface area (Å²) in [6, 6.07) is 14.5. The van der Waals surface area contributed by atoms with E-state index in [0.29, 0.717) is 22.8 Å². The van der Waals surface area contributed by atoms with Crippen molar-refractivity contribution in [3.8, 4) is 0 Å². The fourth-order valence-corrected chi connectivity index (χ4v) is 4.20. The van der Waals surface area contributed by atoms with E-state index in [1.54, 1.807) is 6.92 Å². The summed E-state index contributed by atoms with van der Waals surface area (Å²) in [7, 11) is 0. The Hall–Kier alpha value is -3.30. The van der Waals surface area contributed by atoms with Crippen LogP contribution >= 0.6 is 11.3 Å². The zero-order valence-corrected chi connectivity index (χ0v) is 16.9. The maximum Gasteiger partial charge on any atom is 0.333 e. The normalized spacial score (nSPS) is 16.2. The molecule has 1 saturated heterocycles. The number of aryl methyl sites for hydroxylation is 1. The number of thiazole rings is 1. The summed E-state index contributed by atoms with van der Waals surface area (Å²) < 4.78 is 13.2. The maximum atomic E-state index is 13.2. The van der Waals surface area contributed by atoms with Gasteiger partial charge in [0.2, 0.25) is 0 Å². The number of aliphatic hydroxyl groups excluding tert-OH is 1. The SMILES string of the molecule is Cc1nc(N2C(=O)N(c3ccc(F)cc3)CC2O)sc1C(=O)NCc1ccccc1. The quantitative estimate of drug-likeness (QED) is 0.656. The Morgan fingerprint density at radius 3 is 2.63 bits per heavy atom. The second kappa shape index (κ2) is 8.21. The lowest BCUT2D eigenvalue weighted by atomic mass is 10.2. The summed E-state index contributed by atoms with van der Waals surface area (Å²) >= 11 is 1.04. The summed E-state index contributed by atoms with van der Waals surface area (Å²) in [4.78, 5) is 32.7. The van der Waals surface area contributed by atoms with Crippen molar-refractivity contribution >= 4 is 34.1 Å². The number of β-amino-alcohol motifs (C(OH)–C–C–N with tert-alkyl or cyclic N) is 1.